The van der Waals surface area contributed by atoms with Crippen LogP contribution < -0.4 is 5.32 Å². The van der Waals surface area contributed by atoms with Crippen molar-refractivity contribution in [3.8, 4) is 5.69 Å². The van der Waals surface area contributed by atoms with Crippen LogP contribution in [0.3, 0.4) is 0 Å². The highest BCUT2D eigenvalue weighted by Gasteiger charge is 2.18. The van der Waals surface area contributed by atoms with Crippen molar-refractivity contribution in [3.63, 3.8) is 0 Å². The summed E-state index contributed by atoms with van der Waals surface area (Å²) in [6, 6.07) is 6.74. The van der Waals surface area contributed by atoms with Crippen LogP contribution in [0.15, 0.2) is 41.7 Å². The molecule has 2 aromatic rings. The van der Waals surface area contributed by atoms with Gasteiger partial charge in [-0.15, -0.1) is 0 Å². The van der Waals surface area contributed by atoms with Crippen molar-refractivity contribution in [1.82, 2.24) is 15.1 Å². The number of hydrogen-bond acceptors (Lipinski definition) is 3. The van der Waals surface area contributed by atoms with Gasteiger partial charge in [-0.25, -0.2) is 9.07 Å². The summed E-state index contributed by atoms with van der Waals surface area (Å²) in [6.45, 7) is 1.43. The van der Waals surface area contributed by atoms with Crippen molar-refractivity contribution < 1.29 is 4.39 Å². The molecule has 3 rings (SSSR count). The van der Waals surface area contributed by atoms with Crippen LogP contribution in [0.1, 0.15) is 5.56 Å². The van der Waals surface area contributed by atoms with Gasteiger partial charge in [0.25, 0.3) is 0 Å². The third kappa shape index (κ3) is 1.69. The van der Waals surface area contributed by atoms with Gasteiger partial charge in [0.05, 0.1) is 17.8 Å². The molecule has 0 amide bonds. The summed E-state index contributed by atoms with van der Waals surface area (Å²) in [5, 5.41) is 7.21. The molecule has 1 aliphatic rings. The zero-order chi connectivity index (χ0) is 11.7. The molecule has 5 heteroatoms. The Morgan fingerprint density at radius 3 is 2.94 bits per heavy atom. The van der Waals surface area contributed by atoms with Gasteiger partial charge in [0.15, 0.2) is 0 Å². The van der Waals surface area contributed by atoms with Crippen molar-refractivity contribution in [2.75, 3.05) is 13.1 Å². The Balaban J connectivity index is 2.18. The maximum Gasteiger partial charge on any atom is 0.136 e. The van der Waals surface area contributed by atoms with Gasteiger partial charge in [0.1, 0.15) is 11.7 Å². The molecule has 0 saturated heterocycles. The second-order valence-corrected chi connectivity index (χ2v) is 3.74. The summed E-state index contributed by atoms with van der Waals surface area (Å²) < 4.78 is 15.6. The molecule has 0 unspecified atom stereocenters. The molecule has 1 N–H and O–H groups in total. The normalized spacial score (nSPS) is 14.5. The molecular weight excluding hydrogens is 219 g/mol. The average Bonchev–Trinajstić information content (AvgIpc) is 3.02. The van der Waals surface area contributed by atoms with E-state index in [-0.39, 0.29) is 5.82 Å². The summed E-state index contributed by atoms with van der Waals surface area (Å²) in [5.74, 6) is 0.319. The highest BCUT2D eigenvalue weighted by atomic mass is 19.1. The maximum atomic E-state index is 13.9. The zero-order valence-corrected chi connectivity index (χ0v) is 9.10. The molecular formula is C12H11FN4. The third-order valence-electron chi connectivity index (χ3n) is 2.65. The van der Waals surface area contributed by atoms with Gasteiger partial charge in [0, 0.05) is 18.9 Å². The Bertz CT molecular complexity index is 560. The highest BCUT2D eigenvalue weighted by molar-refractivity contribution is 6.03. The van der Waals surface area contributed by atoms with E-state index in [1.165, 1.54) is 6.07 Å². The van der Waals surface area contributed by atoms with E-state index in [0.717, 1.165) is 6.54 Å². The molecule has 0 aliphatic carbocycles. The molecule has 1 aliphatic heterocycles. The van der Waals surface area contributed by atoms with Crippen LogP contribution in [0, 0.1) is 5.82 Å². The lowest BCUT2D eigenvalue weighted by Crippen LogP contribution is -2.22. The van der Waals surface area contributed by atoms with Crippen molar-refractivity contribution in [3.05, 3.63) is 48.0 Å². The Morgan fingerprint density at radius 1 is 1.29 bits per heavy atom. The molecule has 0 bridgehead atoms. The largest absolute Gasteiger partial charge is 0.368 e. The lowest BCUT2D eigenvalue weighted by molar-refractivity contribution is 0.622. The van der Waals surface area contributed by atoms with Crippen LogP contribution >= 0.6 is 0 Å². The van der Waals surface area contributed by atoms with Crippen LogP contribution in [-0.2, 0) is 0 Å². The molecule has 1 aromatic heterocycles. The van der Waals surface area contributed by atoms with Crippen LogP contribution in [0.25, 0.3) is 5.69 Å². The standard InChI is InChI=1S/C12H11FN4/c13-9-3-1-4-10(17-8-2-5-16-17)11(9)12-14-6-7-15-12/h1-5,8H,6-7H2,(H,14,15). The molecule has 0 fully saturated rings. The summed E-state index contributed by atoms with van der Waals surface area (Å²) in [7, 11) is 0. The second kappa shape index (κ2) is 4.01. The first-order valence-electron chi connectivity index (χ1n) is 5.43. The van der Waals surface area contributed by atoms with E-state index in [0.29, 0.717) is 23.6 Å². The third-order valence-corrected chi connectivity index (χ3v) is 2.65. The number of nitrogens with zero attached hydrogens (tertiary/aromatic N) is 3. The predicted molar refractivity (Wildman–Crippen MR) is 62.9 cm³/mol. The minimum Gasteiger partial charge on any atom is -0.368 e. The zero-order valence-electron chi connectivity index (χ0n) is 9.10. The van der Waals surface area contributed by atoms with E-state index in [4.69, 9.17) is 0 Å². The number of hydrogen-bond donors (Lipinski definition) is 1. The molecule has 17 heavy (non-hydrogen) atoms. The summed E-state index contributed by atoms with van der Waals surface area (Å²) in [4.78, 5) is 4.26. The smallest absolute Gasteiger partial charge is 0.136 e. The molecule has 1 aromatic carbocycles. The van der Waals surface area contributed by atoms with E-state index in [1.807, 2.05) is 6.07 Å². The highest BCUT2D eigenvalue weighted by Crippen LogP contribution is 2.18. The number of rotatable bonds is 2. The lowest BCUT2D eigenvalue weighted by Gasteiger charge is -2.10. The van der Waals surface area contributed by atoms with Crippen LogP contribution in [0.5, 0.6) is 0 Å². The molecule has 0 spiro atoms. The first-order chi connectivity index (χ1) is 8.36. The second-order valence-electron chi connectivity index (χ2n) is 3.74. The van der Waals surface area contributed by atoms with E-state index in [9.17, 15) is 4.39 Å². The Kier molecular flexibility index (Phi) is 2.36. The SMILES string of the molecule is Fc1cccc(-n2cccn2)c1C1=NCCN1. The quantitative estimate of drug-likeness (QED) is 0.846. The van der Waals surface area contributed by atoms with Gasteiger partial charge in [-0.2, -0.15) is 5.10 Å². The molecule has 86 valence electrons. The summed E-state index contributed by atoms with van der Waals surface area (Å²) in [6.07, 6.45) is 3.45. The van der Waals surface area contributed by atoms with Gasteiger partial charge in [0.2, 0.25) is 0 Å². The molecule has 0 radical (unpaired) electrons. The Morgan fingerprint density at radius 2 is 2.24 bits per heavy atom. The molecule has 0 atom stereocenters. The van der Waals surface area contributed by atoms with Crippen LogP contribution in [0.2, 0.25) is 0 Å². The van der Waals surface area contributed by atoms with E-state index >= 15 is 0 Å². The topological polar surface area (TPSA) is 42.2 Å². The van der Waals surface area contributed by atoms with E-state index in [1.54, 1.807) is 29.2 Å². The first-order valence-corrected chi connectivity index (χ1v) is 5.43. The van der Waals surface area contributed by atoms with Crippen LogP contribution in [-0.4, -0.2) is 28.7 Å². The van der Waals surface area contributed by atoms with Crippen molar-refractivity contribution in [2.24, 2.45) is 4.99 Å². The monoisotopic (exact) mass is 230 g/mol. The van der Waals surface area contributed by atoms with Crippen molar-refractivity contribution in [2.45, 2.75) is 0 Å². The van der Waals surface area contributed by atoms with Gasteiger partial charge in [-0.05, 0) is 18.2 Å². The summed E-state index contributed by atoms with van der Waals surface area (Å²) >= 11 is 0. The number of amidine groups is 1. The molecule has 4 nitrogen and oxygen atoms in total. The number of halogens is 1. The minimum atomic E-state index is -0.286. The minimum absolute atomic E-state index is 0.286. The maximum absolute atomic E-state index is 13.9. The number of aliphatic imine (C=N–C) groups is 1. The fourth-order valence-corrected chi connectivity index (χ4v) is 1.91. The fourth-order valence-electron chi connectivity index (χ4n) is 1.91. The van der Waals surface area contributed by atoms with Gasteiger partial charge in [-0.3, -0.25) is 4.99 Å². The Hall–Kier alpha value is -2.17. The summed E-state index contributed by atoms with van der Waals surface area (Å²) in [5.41, 5.74) is 1.18. The number of benzene rings is 1. The first kappa shape index (κ1) is 10.0. The Labute approximate surface area is 97.8 Å². The van der Waals surface area contributed by atoms with Gasteiger partial charge >= 0.3 is 0 Å². The van der Waals surface area contributed by atoms with Crippen molar-refractivity contribution >= 4 is 5.84 Å². The van der Waals surface area contributed by atoms with Crippen LogP contribution in [0.4, 0.5) is 4.39 Å². The van der Waals surface area contributed by atoms with E-state index < -0.39 is 0 Å². The number of aromatic nitrogens is 2. The predicted octanol–water partition coefficient (Wildman–Crippen LogP) is 1.36. The lowest BCUT2D eigenvalue weighted by atomic mass is 10.1. The fraction of sp³-hybridized carbons (Fsp3) is 0.167. The van der Waals surface area contributed by atoms with E-state index in [2.05, 4.69) is 15.4 Å². The molecule has 2 heterocycles. The number of nitrogens with one attached hydrogen (secondary N) is 1. The van der Waals surface area contributed by atoms with Gasteiger partial charge in [-0.1, -0.05) is 6.07 Å². The van der Waals surface area contributed by atoms with Gasteiger partial charge < -0.3 is 5.32 Å². The van der Waals surface area contributed by atoms with Crippen molar-refractivity contribution in [1.29, 1.82) is 0 Å². The average molecular weight is 230 g/mol. The molecule has 0 saturated carbocycles.